The van der Waals surface area contributed by atoms with Gasteiger partial charge >= 0.3 is 6.71 Å². The lowest BCUT2D eigenvalue weighted by atomic mass is 9.37. The molecular weight excluding hydrogens is 848 g/mol. The van der Waals surface area contributed by atoms with Gasteiger partial charge in [0.15, 0.2) is 0 Å². The van der Waals surface area contributed by atoms with Crippen LogP contribution in [0, 0.1) is 27.7 Å². The molecule has 0 saturated carbocycles. The lowest BCUT2D eigenvalue weighted by Gasteiger charge is -2.42. The number of benzene rings is 7. The van der Waals surface area contributed by atoms with Crippen LogP contribution in [0.4, 0.5) is 34.1 Å². The third-order valence-electron chi connectivity index (χ3n) is 14.8. The summed E-state index contributed by atoms with van der Waals surface area (Å²) in [5.74, 6) is 1.71. The van der Waals surface area contributed by atoms with Gasteiger partial charge in [-0.1, -0.05) is 96.1 Å². The summed E-state index contributed by atoms with van der Waals surface area (Å²) in [7, 11) is 0. The van der Waals surface area contributed by atoms with E-state index in [0.717, 1.165) is 140 Å². The molecule has 0 aliphatic carbocycles. The highest BCUT2D eigenvalue weighted by atomic mass is 16.4. The number of fused-ring (bicyclic) bond motifs is 10. The van der Waals surface area contributed by atoms with E-state index >= 15 is 0 Å². The van der Waals surface area contributed by atoms with E-state index < -0.39 is 0 Å². The van der Waals surface area contributed by atoms with Crippen LogP contribution in [-0.4, -0.2) is 6.71 Å². The number of rotatable bonds is 4. The lowest BCUT2D eigenvalue weighted by Crippen LogP contribution is -2.60. The molecule has 6 nitrogen and oxygen atoms in total. The molecule has 2 aliphatic rings. The number of hydrogen-bond donors (Lipinski definition) is 0. The lowest BCUT2D eigenvalue weighted by molar-refractivity contribution is 0.590. The molecule has 0 atom stereocenters. The predicted molar refractivity (Wildman–Crippen MR) is 287 cm³/mol. The Labute approximate surface area is 402 Å². The Hall–Kier alpha value is -7.64. The van der Waals surface area contributed by atoms with E-state index in [1.807, 2.05) is 24.3 Å². The summed E-state index contributed by atoms with van der Waals surface area (Å²) in [6, 6.07) is 50.1. The van der Waals surface area contributed by atoms with Crippen molar-refractivity contribution in [3.8, 4) is 22.6 Å². The first-order valence-corrected chi connectivity index (χ1v) is 24.2. The zero-order valence-corrected chi connectivity index (χ0v) is 40.9. The van der Waals surface area contributed by atoms with Gasteiger partial charge in [0.2, 0.25) is 0 Å². The molecule has 0 N–H and O–H groups in total. The van der Waals surface area contributed by atoms with Crippen LogP contribution in [0.5, 0.6) is 0 Å². The van der Waals surface area contributed by atoms with Crippen LogP contribution < -0.4 is 26.6 Å². The Kier molecular flexibility index (Phi) is 8.70. The maximum atomic E-state index is 7.33. The monoisotopic (exact) mass is 900 g/mol. The molecule has 2 aliphatic heterocycles. The molecule has 0 unspecified atom stereocenters. The van der Waals surface area contributed by atoms with Crippen LogP contribution in [0.1, 0.15) is 74.9 Å². The first-order chi connectivity index (χ1) is 33.1. The van der Waals surface area contributed by atoms with E-state index in [2.05, 4.69) is 194 Å². The Morgan fingerprint density at radius 2 is 0.797 bits per heavy atom. The van der Waals surface area contributed by atoms with Crippen LogP contribution in [0.25, 0.3) is 66.5 Å². The van der Waals surface area contributed by atoms with Crippen molar-refractivity contribution in [3.63, 3.8) is 0 Å². The summed E-state index contributed by atoms with van der Waals surface area (Å²) in [6.07, 6.45) is 0. The maximum absolute atomic E-state index is 7.33. The van der Waals surface area contributed by atoms with Gasteiger partial charge in [-0.05, 0) is 162 Å². The van der Waals surface area contributed by atoms with Gasteiger partial charge in [-0.15, -0.1) is 0 Å². The van der Waals surface area contributed by atoms with E-state index in [9.17, 15) is 0 Å². The molecule has 0 fully saturated rings. The number of aryl methyl sites for hydroxylation is 4. The topological polar surface area (TPSA) is 59.0 Å². The number of nitrogens with zero attached hydrogens (tertiary/aromatic N) is 2. The van der Waals surface area contributed by atoms with Crippen molar-refractivity contribution in [2.24, 2.45) is 0 Å². The van der Waals surface area contributed by atoms with E-state index in [1.165, 1.54) is 11.1 Å². The van der Waals surface area contributed by atoms with Gasteiger partial charge in [0, 0.05) is 44.0 Å². The summed E-state index contributed by atoms with van der Waals surface area (Å²) in [4.78, 5) is 4.98. The van der Waals surface area contributed by atoms with Gasteiger partial charge in [-0.2, -0.15) is 0 Å². The minimum Gasteiger partial charge on any atom is -0.468 e. The molecule has 13 rings (SSSR count). The van der Waals surface area contributed by atoms with Crippen LogP contribution in [0.15, 0.2) is 157 Å². The molecular formula is C62H53BN2O4. The highest BCUT2D eigenvalue weighted by Gasteiger charge is 2.50. The second-order valence-electron chi connectivity index (χ2n) is 21.6. The highest BCUT2D eigenvalue weighted by molar-refractivity contribution is 6.99. The van der Waals surface area contributed by atoms with Gasteiger partial charge in [0.1, 0.15) is 45.2 Å². The molecule has 7 heteroatoms. The minimum absolute atomic E-state index is 0.0827. The molecule has 4 aromatic heterocycles. The summed E-state index contributed by atoms with van der Waals surface area (Å²) in [6.45, 7) is 22.2. The Balaban J connectivity index is 1.09. The fourth-order valence-electron chi connectivity index (χ4n) is 11.5. The molecule has 0 spiro atoms. The van der Waals surface area contributed by atoms with Gasteiger partial charge in [0.25, 0.3) is 0 Å². The molecule has 0 radical (unpaired) electrons. The van der Waals surface area contributed by atoms with Crippen molar-refractivity contribution in [2.75, 3.05) is 9.80 Å². The minimum atomic E-state index is -0.337. The number of hydrogen-bond acceptors (Lipinski definition) is 6. The van der Waals surface area contributed by atoms with Crippen molar-refractivity contribution in [1.29, 1.82) is 0 Å². The number of para-hydroxylation sites is 2. The number of anilines is 6. The third kappa shape index (κ3) is 6.18. The molecule has 6 heterocycles. The highest BCUT2D eigenvalue weighted by Crippen LogP contribution is 2.52. The summed E-state index contributed by atoms with van der Waals surface area (Å²) in [5, 5.41) is 4.34. The molecule has 0 bridgehead atoms. The summed E-state index contributed by atoms with van der Waals surface area (Å²) in [5.41, 5.74) is 21.8. The molecule has 338 valence electrons. The first-order valence-electron chi connectivity index (χ1n) is 24.2. The quantitative estimate of drug-likeness (QED) is 0.164. The summed E-state index contributed by atoms with van der Waals surface area (Å²) >= 11 is 0. The van der Waals surface area contributed by atoms with Crippen molar-refractivity contribution >= 4 is 101 Å². The SMILES string of the molecule is Cc1cc(-c2cc3ccccc3o2)cc(C)c1N1c2cccc3c2B(c2oc4ccc(C(C)(C)C)cc4c21)c1oc2ccc(C(C)(C)C)cc2c1N3c1c(C)cc(-c2cc3ccccc3o2)cc1C. The van der Waals surface area contributed by atoms with Gasteiger partial charge in [-0.3, -0.25) is 0 Å². The third-order valence-corrected chi connectivity index (χ3v) is 14.8. The Morgan fingerprint density at radius 1 is 0.391 bits per heavy atom. The van der Waals surface area contributed by atoms with Crippen LogP contribution >= 0.6 is 0 Å². The number of furan rings is 4. The average molecular weight is 901 g/mol. The first kappa shape index (κ1) is 41.5. The van der Waals surface area contributed by atoms with Gasteiger partial charge in [0.05, 0.1) is 22.7 Å². The average Bonchev–Trinajstić information content (AvgIpc) is 4.11. The zero-order valence-electron chi connectivity index (χ0n) is 40.9. The zero-order chi connectivity index (χ0) is 47.4. The van der Waals surface area contributed by atoms with E-state index in [-0.39, 0.29) is 17.5 Å². The second kappa shape index (κ2) is 14.4. The van der Waals surface area contributed by atoms with Crippen LogP contribution in [0.2, 0.25) is 0 Å². The normalized spacial score (nSPS) is 13.6. The van der Waals surface area contributed by atoms with Crippen LogP contribution in [0.3, 0.4) is 0 Å². The largest absolute Gasteiger partial charge is 0.468 e. The van der Waals surface area contributed by atoms with Crippen molar-refractivity contribution in [3.05, 3.63) is 173 Å². The standard InChI is InChI=1S/C62H53BN2O4/c1-34-26-40(52-30-38-16-11-13-20-48(38)66-52)27-35(2)55(34)64-46-18-15-19-47-54(46)63(59-57(64)44-32-42(61(5,6)7)22-24-50(44)68-59)60-58(45-33-43(62(8,9)10)23-25-51(45)69-60)65(47)56-36(3)28-41(29-37(56)4)53-31-39-17-12-14-21-49(39)67-53/h11-33H,1-10H3. The second-order valence-corrected chi connectivity index (χ2v) is 21.6. The van der Waals surface area contributed by atoms with Gasteiger partial charge < -0.3 is 27.5 Å². The van der Waals surface area contributed by atoms with Crippen molar-refractivity contribution < 1.29 is 17.7 Å². The fourth-order valence-corrected chi connectivity index (χ4v) is 11.5. The van der Waals surface area contributed by atoms with E-state index in [0.29, 0.717) is 0 Å². The molecule has 0 saturated heterocycles. The Bertz CT molecular complexity index is 3590. The van der Waals surface area contributed by atoms with Crippen molar-refractivity contribution in [1.82, 2.24) is 0 Å². The maximum Gasteiger partial charge on any atom is 0.342 e. The smallest absolute Gasteiger partial charge is 0.342 e. The molecule has 11 aromatic rings. The van der Waals surface area contributed by atoms with Gasteiger partial charge in [-0.25, -0.2) is 0 Å². The summed E-state index contributed by atoms with van der Waals surface area (Å²) < 4.78 is 27.6. The molecule has 7 aromatic carbocycles. The molecule has 69 heavy (non-hydrogen) atoms. The predicted octanol–water partition coefficient (Wildman–Crippen LogP) is 15.9. The fraction of sp³-hybridized carbons (Fsp3) is 0.194. The van der Waals surface area contributed by atoms with Crippen molar-refractivity contribution in [2.45, 2.75) is 80.1 Å². The van der Waals surface area contributed by atoms with E-state index in [4.69, 9.17) is 17.7 Å². The van der Waals surface area contributed by atoms with Crippen LogP contribution in [-0.2, 0) is 10.8 Å². The van der Waals surface area contributed by atoms with E-state index in [1.54, 1.807) is 0 Å². The Morgan fingerprint density at radius 3 is 1.19 bits per heavy atom. The molecule has 0 amide bonds.